The van der Waals surface area contributed by atoms with Gasteiger partial charge in [-0.2, -0.15) is 4.31 Å². The quantitative estimate of drug-likeness (QED) is 0.781. The number of likely N-dealkylation sites (N-methyl/N-ethyl adjacent to an activating group) is 1. The summed E-state index contributed by atoms with van der Waals surface area (Å²) >= 11 is 0. The first-order chi connectivity index (χ1) is 12.9. The number of benzene rings is 2. The number of rotatable bonds is 5. The zero-order valence-corrected chi connectivity index (χ0v) is 15.7. The molecule has 0 aliphatic carbocycles. The summed E-state index contributed by atoms with van der Waals surface area (Å²) in [5.41, 5.74) is 2.21. The van der Waals surface area contributed by atoms with Crippen LogP contribution in [0.1, 0.15) is 21.5 Å². The molecule has 1 heterocycles. The number of nitrogens with zero attached hydrogens (tertiary/aromatic N) is 1. The number of carbonyl (C=O) groups is 2. The second kappa shape index (κ2) is 7.89. The van der Waals surface area contributed by atoms with Crippen LogP contribution in [0.15, 0.2) is 53.4 Å². The lowest BCUT2D eigenvalue weighted by Gasteiger charge is -2.28. The second-order valence-electron chi connectivity index (χ2n) is 6.13. The molecular weight excluding hydrogens is 368 g/mol. The first-order valence-corrected chi connectivity index (χ1v) is 9.90. The Morgan fingerprint density at radius 2 is 1.85 bits per heavy atom. The van der Waals surface area contributed by atoms with Gasteiger partial charge in [0.05, 0.1) is 10.5 Å². The minimum Gasteiger partial charge on any atom is -0.452 e. The standard InChI is InChI=1S/C19H20N2O5S/c1-20-18(22)13-26-19(23)15-7-4-8-17(11-15)27(24,25)21-10-9-14-5-2-3-6-16(14)12-21/h2-8,11H,9-10,12-13H2,1H3,(H,20,22). The first kappa shape index (κ1) is 19.1. The lowest BCUT2D eigenvalue weighted by Crippen LogP contribution is -2.36. The van der Waals surface area contributed by atoms with Crippen molar-refractivity contribution in [1.82, 2.24) is 9.62 Å². The van der Waals surface area contributed by atoms with Crippen molar-refractivity contribution in [3.8, 4) is 0 Å². The van der Waals surface area contributed by atoms with E-state index >= 15 is 0 Å². The van der Waals surface area contributed by atoms with Crippen molar-refractivity contribution in [3.63, 3.8) is 0 Å². The van der Waals surface area contributed by atoms with Crippen LogP contribution in [0.5, 0.6) is 0 Å². The molecule has 2 aromatic carbocycles. The van der Waals surface area contributed by atoms with Gasteiger partial charge in [0.1, 0.15) is 0 Å². The molecule has 1 amide bonds. The zero-order valence-electron chi connectivity index (χ0n) is 14.8. The van der Waals surface area contributed by atoms with Crippen LogP contribution in [0.2, 0.25) is 0 Å². The van der Waals surface area contributed by atoms with Gasteiger partial charge in [-0.25, -0.2) is 13.2 Å². The normalized spacial score (nSPS) is 14.3. The summed E-state index contributed by atoms with van der Waals surface area (Å²) < 4.78 is 32.3. The summed E-state index contributed by atoms with van der Waals surface area (Å²) in [6.07, 6.45) is 0.642. The van der Waals surface area contributed by atoms with Gasteiger partial charge in [0.2, 0.25) is 10.0 Å². The van der Waals surface area contributed by atoms with Crippen LogP contribution >= 0.6 is 0 Å². The number of esters is 1. The molecule has 142 valence electrons. The predicted molar refractivity (Wildman–Crippen MR) is 98.5 cm³/mol. The Morgan fingerprint density at radius 3 is 2.59 bits per heavy atom. The molecular formula is C19H20N2O5S. The largest absolute Gasteiger partial charge is 0.452 e. The Balaban J connectivity index is 1.79. The molecule has 0 atom stereocenters. The van der Waals surface area contributed by atoms with E-state index in [2.05, 4.69) is 5.32 Å². The molecule has 7 nitrogen and oxygen atoms in total. The summed E-state index contributed by atoms with van der Waals surface area (Å²) in [4.78, 5) is 23.3. The van der Waals surface area contributed by atoms with Crippen LogP contribution in [0.4, 0.5) is 0 Å². The maximum Gasteiger partial charge on any atom is 0.338 e. The average Bonchev–Trinajstić information content (AvgIpc) is 2.71. The van der Waals surface area contributed by atoms with Crippen LogP contribution in [0.25, 0.3) is 0 Å². The van der Waals surface area contributed by atoms with Gasteiger partial charge in [0, 0.05) is 20.1 Å². The lowest BCUT2D eigenvalue weighted by molar-refractivity contribution is -0.123. The molecule has 0 aromatic heterocycles. The molecule has 0 bridgehead atoms. The third-order valence-electron chi connectivity index (χ3n) is 4.42. The Labute approximate surface area is 158 Å². The second-order valence-corrected chi connectivity index (χ2v) is 8.07. The number of sulfonamides is 1. The third kappa shape index (κ3) is 4.17. The molecule has 27 heavy (non-hydrogen) atoms. The number of hydrogen-bond donors (Lipinski definition) is 1. The van der Waals surface area contributed by atoms with Crippen molar-refractivity contribution < 1.29 is 22.7 Å². The summed E-state index contributed by atoms with van der Waals surface area (Å²) in [5.74, 6) is -1.20. The fourth-order valence-corrected chi connectivity index (χ4v) is 4.36. The highest BCUT2D eigenvalue weighted by molar-refractivity contribution is 7.89. The van der Waals surface area contributed by atoms with E-state index in [9.17, 15) is 18.0 Å². The van der Waals surface area contributed by atoms with Gasteiger partial charge in [0.15, 0.2) is 6.61 Å². The van der Waals surface area contributed by atoms with Crippen molar-refractivity contribution in [3.05, 3.63) is 65.2 Å². The van der Waals surface area contributed by atoms with Crippen molar-refractivity contribution >= 4 is 21.9 Å². The lowest BCUT2D eigenvalue weighted by atomic mass is 10.0. The number of amides is 1. The van der Waals surface area contributed by atoms with E-state index in [1.807, 2.05) is 24.3 Å². The zero-order chi connectivity index (χ0) is 19.4. The van der Waals surface area contributed by atoms with E-state index in [1.165, 1.54) is 35.6 Å². The summed E-state index contributed by atoms with van der Waals surface area (Å²) in [7, 11) is -2.32. The number of fused-ring (bicyclic) bond motifs is 1. The van der Waals surface area contributed by atoms with Crippen molar-refractivity contribution in [2.45, 2.75) is 17.9 Å². The topological polar surface area (TPSA) is 92.8 Å². The molecule has 0 fully saturated rings. The molecule has 0 saturated heterocycles. The van der Waals surface area contributed by atoms with E-state index in [4.69, 9.17) is 4.74 Å². The number of nitrogens with one attached hydrogen (secondary N) is 1. The SMILES string of the molecule is CNC(=O)COC(=O)c1cccc(S(=O)(=O)N2CCc3ccccc3C2)c1. The summed E-state index contributed by atoms with van der Waals surface area (Å²) in [6.45, 7) is 0.254. The van der Waals surface area contributed by atoms with Crippen LogP contribution in [-0.2, 0) is 32.5 Å². The van der Waals surface area contributed by atoms with Crippen LogP contribution in [0, 0.1) is 0 Å². The smallest absolute Gasteiger partial charge is 0.338 e. The Kier molecular flexibility index (Phi) is 5.57. The fraction of sp³-hybridized carbons (Fsp3) is 0.263. The maximum absolute atomic E-state index is 13.0. The highest BCUT2D eigenvalue weighted by Gasteiger charge is 2.28. The molecule has 2 aromatic rings. The van der Waals surface area contributed by atoms with Crippen molar-refractivity contribution in [2.24, 2.45) is 0 Å². The molecule has 0 saturated carbocycles. The molecule has 1 aliphatic rings. The molecule has 8 heteroatoms. The van der Waals surface area contributed by atoms with Crippen molar-refractivity contribution in [1.29, 1.82) is 0 Å². The summed E-state index contributed by atoms with van der Waals surface area (Å²) in [6, 6.07) is 13.4. The highest BCUT2D eigenvalue weighted by atomic mass is 32.2. The van der Waals surface area contributed by atoms with Crippen LogP contribution < -0.4 is 5.32 Å². The van der Waals surface area contributed by atoms with Crippen LogP contribution in [-0.4, -0.2) is 44.8 Å². The van der Waals surface area contributed by atoms with Gasteiger partial charge >= 0.3 is 5.97 Å². The molecule has 0 spiro atoms. The van der Waals surface area contributed by atoms with Gasteiger partial charge in [-0.15, -0.1) is 0 Å². The molecule has 1 aliphatic heterocycles. The van der Waals surface area contributed by atoms with E-state index in [1.54, 1.807) is 0 Å². The van der Waals surface area contributed by atoms with Crippen molar-refractivity contribution in [2.75, 3.05) is 20.2 Å². The number of carbonyl (C=O) groups excluding carboxylic acids is 2. The average molecular weight is 388 g/mol. The monoisotopic (exact) mass is 388 g/mol. The predicted octanol–water partition coefficient (Wildman–Crippen LogP) is 1.34. The van der Waals surface area contributed by atoms with Gasteiger partial charge < -0.3 is 10.1 Å². The van der Waals surface area contributed by atoms with E-state index in [0.717, 1.165) is 11.1 Å². The van der Waals surface area contributed by atoms with Gasteiger partial charge in [0.25, 0.3) is 5.91 Å². The molecule has 3 rings (SSSR count). The van der Waals surface area contributed by atoms with Crippen LogP contribution in [0.3, 0.4) is 0 Å². The number of hydrogen-bond acceptors (Lipinski definition) is 5. The highest BCUT2D eigenvalue weighted by Crippen LogP contribution is 2.25. The third-order valence-corrected chi connectivity index (χ3v) is 6.26. The Hall–Kier alpha value is -2.71. The number of ether oxygens (including phenoxy) is 1. The first-order valence-electron chi connectivity index (χ1n) is 8.46. The molecule has 0 unspecified atom stereocenters. The fourth-order valence-electron chi connectivity index (χ4n) is 2.89. The maximum atomic E-state index is 13.0. The van der Waals surface area contributed by atoms with E-state index < -0.39 is 28.5 Å². The summed E-state index contributed by atoms with van der Waals surface area (Å²) in [5, 5.41) is 2.34. The Bertz CT molecular complexity index is 972. The van der Waals surface area contributed by atoms with E-state index in [-0.39, 0.29) is 10.5 Å². The van der Waals surface area contributed by atoms with Gasteiger partial charge in [-0.1, -0.05) is 30.3 Å². The minimum absolute atomic E-state index is 0.0243. The molecule has 0 radical (unpaired) electrons. The van der Waals surface area contributed by atoms with E-state index in [0.29, 0.717) is 19.5 Å². The van der Waals surface area contributed by atoms with Gasteiger partial charge in [-0.05, 0) is 35.7 Å². The minimum atomic E-state index is -3.75. The molecule has 1 N–H and O–H groups in total. The Morgan fingerprint density at radius 1 is 1.11 bits per heavy atom. The van der Waals surface area contributed by atoms with Gasteiger partial charge in [-0.3, -0.25) is 4.79 Å².